The van der Waals surface area contributed by atoms with Crippen LogP contribution in [0.1, 0.15) is 27.2 Å². The topological polar surface area (TPSA) is 29.1 Å². The van der Waals surface area contributed by atoms with Gasteiger partial charge in [-0.2, -0.15) is 0 Å². The lowest BCUT2D eigenvalue weighted by Crippen LogP contribution is -2.38. The third-order valence-electron chi connectivity index (χ3n) is 2.81. The Morgan fingerprint density at radius 2 is 2.00 bits per heavy atom. The molecule has 0 fully saturated rings. The molecular weight excluding hydrogens is 298 g/mol. The molecule has 0 saturated heterocycles. The molecule has 3 atom stereocenters. The van der Waals surface area contributed by atoms with Crippen molar-refractivity contribution in [3.05, 3.63) is 28.7 Å². The Kier molecular flexibility index (Phi) is 6.38. The maximum absolute atomic E-state index is 12.4. The van der Waals surface area contributed by atoms with Gasteiger partial charge in [0.25, 0.3) is 0 Å². The molecule has 0 aromatic heterocycles. The fourth-order valence-electron chi connectivity index (χ4n) is 1.53. The lowest BCUT2D eigenvalue weighted by molar-refractivity contribution is 0.531. The van der Waals surface area contributed by atoms with Gasteiger partial charge in [0.15, 0.2) is 0 Å². The summed E-state index contributed by atoms with van der Waals surface area (Å²) in [6.45, 7) is 7.23. The molecule has 1 aromatic carbocycles. The number of rotatable bonds is 6. The quantitative estimate of drug-likeness (QED) is 0.872. The molecule has 0 bridgehead atoms. The molecule has 2 nitrogen and oxygen atoms in total. The van der Waals surface area contributed by atoms with Gasteiger partial charge >= 0.3 is 0 Å². The lowest BCUT2D eigenvalue weighted by Gasteiger charge is -2.21. The molecule has 3 unspecified atom stereocenters. The van der Waals surface area contributed by atoms with E-state index in [9.17, 15) is 4.21 Å². The Balaban J connectivity index is 2.73. The van der Waals surface area contributed by atoms with Crippen LogP contribution in [0, 0.1) is 0 Å². The van der Waals surface area contributed by atoms with Gasteiger partial charge < -0.3 is 5.32 Å². The molecule has 1 rings (SSSR count). The van der Waals surface area contributed by atoms with Gasteiger partial charge in [0.2, 0.25) is 0 Å². The van der Waals surface area contributed by atoms with Crippen molar-refractivity contribution in [3.63, 3.8) is 0 Å². The van der Waals surface area contributed by atoms with E-state index in [-0.39, 0.29) is 11.3 Å². The zero-order chi connectivity index (χ0) is 12.8. The highest BCUT2D eigenvalue weighted by atomic mass is 79.9. The third kappa shape index (κ3) is 4.19. The minimum Gasteiger partial charge on any atom is -0.313 e. The fraction of sp³-hybridized carbons (Fsp3) is 0.538. The van der Waals surface area contributed by atoms with Crippen LogP contribution in [0.2, 0.25) is 0 Å². The van der Waals surface area contributed by atoms with Gasteiger partial charge in [-0.3, -0.25) is 4.21 Å². The van der Waals surface area contributed by atoms with Crippen LogP contribution in [0.15, 0.2) is 33.6 Å². The second-order valence-corrected chi connectivity index (χ2v) is 6.81. The lowest BCUT2D eigenvalue weighted by atomic mass is 10.2. The number of nitrogens with one attached hydrogen (secondary N) is 1. The van der Waals surface area contributed by atoms with E-state index in [0.29, 0.717) is 0 Å². The molecule has 96 valence electrons. The van der Waals surface area contributed by atoms with Gasteiger partial charge in [0.05, 0.1) is 20.9 Å². The van der Waals surface area contributed by atoms with Gasteiger partial charge in [-0.05, 0) is 54.9 Å². The van der Waals surface area contributed by atoms with Crippen molar-refractivity contribution in [2.45, 2.75) is 43.4 Å². The summed E-state index contributed by atoms with van der Waals surface area (Å²) in [5.74, 6) is 0. The summed E-state index contributed by atoms with van der Waals surface area (Å²) >= 11 is 3.45. The van der Waals surface area contributed by atoms with E-state index >= 15 is 0 Å². The molecule has 0 aliphatic rings. The highest BCUT2D eigenvalue weighted by molar-refractivity contribution is 9.10. The number of halogens is 1. The first-order valence-electron chi connectivity index (χ1n) is 5.96. The van der Waals surface area contributed by atoms with Crippen LogP contribution in [0.3, 0.4) is 0 Å². The van der Waals surface area contributed by atoms with Crippen LogP contribution in [-0.4, -0.2) is 22.0 Å². The minimum absolute atomic E-state index is 0.0975. The predicted octanol–water partition coefficient (Wildman–Crippen LogP) is 3.33. The summed E-state index contributed by atoms with van der Waals surface area (Å²) in [4.78, 5) is 0.880. The van der Waals surface area contributed by atoms with Crippen LogP contribution in [0.25, 0.3) is 0 Å². The zero-order valence-electron chi connectivity index (χ0n) is 10.6. The van der Waals surface area contributed by atoms with Crippen LogP contribution >= 0.6 is 15.9 Å². The first-order chi connectivity index (χ1) is 8.07. The van der Waals surface area contributed by atoms with Gasteiger partial charge in [-0.25, -0.2) is 0 Å². The summed E-state index contributed by atoms with van der Waals surface area (Å²) in [5, 5.41) is 3.49. The van der Waals surface area contributed by atoms with Crippen LogP contribution in [-0.2, 0) is 10.8 Å². The van der Waals surface area contributed by atoms with Gasteiger partial charge in [-0.1, -0.05) is 19.1 Å². The fourth-order valence-corrected chi connectivity index (χ4v) is 3.64. The standard InChI is InChI=1S/C13H20BrNOS/c1-4-9-15-10(2)11(3)17(16)13-8-6-5-7-12(13)14/h5-8,10-11,15H,4,9H2,1-3H3. The molecule has 1 N–H and O–H groups in total. The van der Waals surface area contributed by atoms with Crippen molar-refractivity contribution in [1.29, 1.82) is 0 Å². The summed E-state index contributed by atoms with van der Waals surface area (Å²) in [6, 6.07) is 7.97. The third-order valence-corrected chi connectivity index (χ3v) is 5.64. The SMILES string of the molecule is CCCNC(C)C(C)S(=O)c1ccccc1Br. The Bertz CT molecular complexity index is 383. The van der Waals surface area contributed by atoms with Crippen molar-refractivity contribution in [2.75, 3.05) is 6.54 Å². The highest BCUT2D eigenvalue weighted by Gasteiger charge is 2.20. The van der Waals surface area contributed by atoms with E-state index in [1.165, 1.54) is 0 Å². The molecule has 4 heteroatoms. The summed E-state index contributed by atoms with van der Waals surface area (Å²) in [5.41, 5.74) is 0. The Morgan fingerprint density at radius 1 is 1.35 bits per heavy atom. The van der Waals surface area contributed by atoms with Gasteiger partial charge in [0.1, 0.15) is 0 Å². The van der Waals surface area contributed by atoms with Crippen LogP contribution in [0.5, 0.6) is 0 Å². The van der Waals surface area contributed by atoms with Crippen molar-refractivity contribution < 1.29 is 4.21 Å². The van der Waals surface area contributed by atoms with E-state index < -0.39 is 10.8 Å². The van der Waals surface area contributed by atoms with Crippen molar-refractivity contribution in [3.8, 4) is 0 Å². The van der Waals surface area contributed by atoms with Crippen LogP contribution in [0.4, 0.5) is 0 Å². The Hall–Kier alpha value is -0.190. The average Bonchev–Trinajstić information content (AvgIpc) is 2.34. The van der Waals surface area contributed by atoms with E-state index in [4.69, 9.17) is 0 Å². The average molecular weight is 318 g/mol. The van der Waals surface area contributed by atoms with Crippen LogP contribution < -0.4 is 5.32 Å². The monoisotopic (exact) mass is 317 g/mol. The van der Waals surface area contributed by atoms with Crippen molar-refractivity contribution in [2.24, 2.45) is 0 Å². The summed E-state index contributed by atoms with van der Waals surface area (Å²) in [7, 11) is -0.983. The largest absolute Gasteiger partial charge is 0.313 e. The highest BCUT2D eigenvalue weighted by Crippen LogP contribution is 2.22. The van der Waals surface area contributed by atoms with Crippen molar-refractivity contribution in [1.82, 2.24) is 5.32 Å². The molecule has 0 spiro atoms. The zero-order valence-corrected chi connectivity index (χ0v) is 13.0. The first kappa shape index (κ1) is 14.9. The normalized spacial score (nSPS) is 16.5. The predicted molar refractivity (Wildman–Crippen MR) is 77.8 cm³/mol. The Labute approximate surface area is 115 Å². The number of hydrogen-bond acceptors (Lipinski definition) is 2. The maximum Gasteiger partial charge on any atom is 0.0585 e. The van der Waals surface area contributed by atoms with E-state index in [0.717, 1.165) is 22.3 Å². The second kappa shape index (κ2) is 7.29. The molecular formula is C13H20BrNOS. The number of benzene rings is 1. The van der Waals surface area contributed by atoms with Gasteiger partial charge in [-0.15, -0.1) is 0 Å². The summed E-state index contributed by atoms with van der Waals surface area (Å²) < 4.78 is 13.3. The van der Waals surface area contributed by atoms with E-state index in [1.807, 2.05) is 31.2 Å². The molecule has 0 radical (unpaired) electrons. The first-order valence-corrected chi connectivity index (χ1v) is 7.97. The molecule has 0 aliphatic heterocycles. The molecule has 0 amide bonds. The second-order valence-electron chi connectivity index (χ2n) is 4.18. The number of hydrogen-bond donors (Lipinski definition) is 1. The Morgan fingerprint density at radius 3 is 2.59 bits per heavy atom. The molecule has 0 saturated carbocycles. The molecule has 17 heavy (non-hydrogen) atoms. The summed E-state index contributed by atoms with van der Waals surface area (Å²) in [6.07, 6.45) is 1.10. The smallest absolute Gasteiger partial charge is 0.0585 e. The maximum atomic E-state index is 12.4. The van der Waals surface area contributed by atoms with Crippen molar-refractivity contribution >= 4 is 26.7 Å². The van der Waals surface area contributed by atoms with E-state index in [1.54, 1.807) is 0 Å². The minimum atomic E-state index is -0.983. The van der Waals surface area contributed by atoms with E-state index in [2.05, 4.69) is 35.1 Å². The molecule has 0 aliphatic carbocycles. The van der Waals surface area contributed by atoms with Gasteiger partial charge in [0, 0.05) is 10.5 Å². The molecule has 1 aromatic rings. The molecule has 0 heterocycles.